The number of hydrogen-bond acceptors (Lipinski definition) is 5. The summed E-state index contributed by atoms with van der Waals surface area (Å²) >= 11 is 6.04. The molecule has 1 unspecified atom stereocenters. The molecule has 1 aromatic heterocycles. The number of nitrogens with one attached hydrogen (secondary N) is 1. The Hall–Kier alpha value is -3.70. The van der Waals surface area contributed by atoms with Crippen molar-refractivity contribution < 1.29 is 9.59 Å². The van der Waals surface area contributed by atoms with Gasteiger partial charge in [-0.05, 0) is 61.6 Å². The van der Waals surface area contributed by atoms with Gasteiger partial charge < -0.3 is 5.32 Å². The van der Waals surface area contributed by atoms with Crippen molar-refractivity contribution in [2.45, 2.75) is 53.6 Å². The number of nitriles is 1. The Morgan fingerprint density at radius 1 is 1.05 bits per heavy atom. The molecule has 0 bridgehead atoms. The first-order valence-electron chi connectivity index (χ1n) is 12.4. The largest absolute Gasteiger partial charge is 0.352 e. The molecule has 8 nitrogen and oxygen atoms in total. The van der Waals surface area contributed by atoms with Crippen LogP contribution in [0.2, 0.25) is 5.02 Å². The van der Waals surface area contributed by atoms with Gasteiger partial charge in [0.05, 0.1) is 21.5 Å². The molecule has 0 radical (unpaired) electrons. The molecule has 0 spiro atoms. The molecule has 0 saturated carbocycles. The van der Waals surface area contributed by atoms with Gasteiger partial charge in [0.15, 0.2) is 0 Å². The van der Waals surface area contributed by atoms with Gasteiger partial charge in [0.1, 0.15) is 11.9 Å². The van der Waals surface area contributed by atoms with E-state index >= 15 is 0 Å². The van der Waals surface area contributed by atoms with Crippen LogP contribution >= 0.6 is 11.6 Å². The summed E-state index contributed by atoms with van der Waals surface area (Å²) in [7, 11) is 0. The maximum absolute atomic E-state index is 13.0. The van der Waals surface area contributed by atoms with Gasteiger partial charge in [0.25, 0.3) is 11.5 Å². The first-order chi connectivity index (χ1) is 17.6. The minimum atomic E-state index is -0.354. The van der Waals surface area contributed by atoms with E-state index in [0.717, 1.165) is 0 Å². The lowest BCUT2D eigenvalue weighted by atomic mass is 9.89. The van der Waals surface area contributed by atoms with Crippen molar-refractivity contribution in [3.63, 3.8) is 0 Å². The summed E-state index contributed by atoms with van der Waals surface area (Å²) in [4.78, 5) is 51.0. The van der Waals surface area contributed by atoms with Crippen molar-refractivity contribution in [3.05, 3.63) is 78.9 Å². The zero-order valence-electron chi connectivity index (χ0n) is 21.5. The molecule has 1 atom stereocenters. The summed E-state index contributed by atoms with van der Waals surface area (Å²) in [5.74, 6) is -0.281. The molecular weight excluding hydrogens is 492 g/mol. The van der Waals surface area contributed by atoms with Crippen molar-refractivity contribution in [1.82, 2.24) is 14.5 Å². The summed E-state index contributed by atoms with van der Waals surface area (Å²) in [6.07, 6.45) is 0.410. The van der Waals surface area contributed by atoms with Gasteiger partial charge in [-0.3, -0.25) is 23.5 Å². The third-order valence-electron chi connectivity index (χ3n) is 6.63. The Balaban J connectivity index is 1.73. The fourth-order valence-corrected chi connectivity index (χ4v) is 4.60. The van der Waals surface area contributed by atoms with Crippen molar-refractivity contribution in [2.75, 3.05) is 6.54 Å². The number of aromatic nitrogens is 2. The molecule has 37 heavy (non-hydrogen) atoms. The van der Waals surface area contributed by atoms with E-state index in [0.29, 0.717) is 40.7 Å². The lowest BCUT2D eigenvalue weighted by molar-refractivity contribution is -0.119. The molecule has 3 aromatic rings. The van der Waals surface area contributed by atoms with Crippen LogP contribution in [0.4, 0.5) is 0 Å². The molecule has 194 valence electrons. The van der Waals surface area contributed by atoms with E-state index in [2.05, 4.69) is 5.32 Å². The predicted molar refractivity (Wildman–Crippen MR) is 144 cm³/mol. The lowest BCUT2D eigenvalue weighted by Gasteiger charge is -2.21. The Morgan fingerprint density at radius 2 is 1.76 bits per heavy atom. The number of halogens is 1. The molecule has 1 N–H and O–H groups in total. The van der Waals surface area contributed by atoms with Gasteiger partial charge >= 0.3 is 5.69 Å². The van der Waals surface area contributed by atoms with Crippen molar-refractivity contribution in [1.29, 1.82) is 5.26 Å². The van der Waals surface area contributed by atoms with E-state index in [1.165, 1.54) is 16.7 Å². The van der Waals surface area contributed by atoms with Crippen molar-refractivity contribution in [3.8, 4) is 6.07 Å². The summed E-state index contributed by atoms with van der Waals surface area (Å²) in [6.45, 7) is 8.61. The van der Waals surface area contributed by atoms with Crippen molar-refractivity contribution >= 4 is 34.2 Å². The van der Waals surface area contributed by atoms with Crippen LogP contribution in [-0.4, -0.2) is 27.4 Å². The summed E-state index contributed by atoms with van der Waals surface area (Å²) in [5, 5.41) is 12.5. The fraction of sp³-hybridized carbons (Fsp3) is 0.393. The van der Waals surface area contributed by atoms with Crippen molar-refractivity contribution in [2.24, 2.45) is 11.8 Å². The molecule has 0 aliphatic carbocycles. The van der Waals surface area contributed by atoms with Crippen LogP contribution in [-0.2, 0) is 24.3 Å². The van der Waals surface area contributed by atoms with Crippen LogP contribution in [0.1, 0.15) is 55.6 Å². The molecule has 0 fully saturated rings. The number of aryl methyl sites for hydroxylation is 1. The second-order valence-corrected chi connectivity index (χ2v) is 9.78. The average Bonchev–Trinajstić information content (AvgIpc) is 2.87. The topological polar surface area (TPSA) is 114 Å². The van der Waals surface area contributed by atoms with Gasteiger partial charge in [-0.25, -0.2) is 4.79 Å². The van der Waals surface area contributed by atoms with Gasteiger partial charge in [-0.2, -0.15) is 5.26 Å². The number of ketones is 1. The quantitative estimate of drug-likeness (QED) is 0.433. The molecule has 0 aliphatic heterocycles. The highest BCUT2D eigenvalue weighted by atomic mass is 35.5. The first-order valence-corrected chi connectivity index (χ1v) is 12.7. The molecule has 0 saturated heterocycles. The van der Waals surface area contributed by atoms with E-state index in [-0.39, 0.29) is 59.2 Å². The minimum absolute atomic E-state index is 0.00616. The number of rotatable bonds is 10. The predicted octanol–water partition coefficient (Wildman–Crippen LogP) is 3.93. The number of fused-ring (bicyclic) bond motifs is 1. The Labute approximate surface area is 220 Å². The highest BCUT2D eigenvalue weighted by Crippen LogP contribution is 2.20. The zero-order valence-corrected chi connectivity index (χ0v) is 22.3. The van der Waals surface area contributed by atoms with Crippen LogP contribution in [0.3, 0.4) is 0 Å². The summed E-state index contributed by atoms with van der Waals surface area (Å²) in [6, 6.07) is 11.7. The average molecular weight is 523 g/mol. The monoisotopic (exact) mass is 522 g/mol. The van der Waals surface area contributed by atoms with E-state index in [1.807, 2.05) is 26.8 Å². The highest BCUT2D eigenvalue weighted by Gasteiger charge is 2.20. The van der Waals surface area contributed by atoms with Crippen LogP contribution in [0, 0.1) is 23.2 Å². The maximum Gasteiger partial charge on any atom is 0.331 e. The Kier molecular flexibility index (Phi) is 9.06. The van der Waals surface area contributed by atoms with Gasteiger partial charge in [0, 0.05) is 38.0 Å². The molecule has 9 heteroatoms. The highest BCUT2D eigenvalue weighted by molar-refractivity contribution is 6.32. The third-order valence-corrected chi connectivity index (χ3v) is 6.94. The summed E-state index contributed by atoms with van der Waals surface area (Å²) < 4.78 is 2.76. The van der Waals surface area contributed by atoms with E-state index in [1.54, 1.807) is 35.8 Å². The number of amides is 1. The smallest absolute Gasteiger partial charge is 0.331 e. The van der Waals surface area contributed by atoms with Crippen LogP contribution in [0.15, 0.2) is 46.0 Å². The van der Waals surface area contributed by atoms with E-state index in [4.69, 9.17) is 16.9 Å². The maximum atomic E-state index is 13.0. The van der Waals surface area contributed by atoms with Gasteiger partial charge in [0.2, 0.25) is 0 Å². The Bertz CT molecular complexity index is 1500. The summed E-state index contributed by atoms with van der Waals surface area (Å²) in [5.41, 5.74) is 1.21. The third kappa shape index (κ3) is 6.17. The molecular formula is C28H31ClN4O4. The SMILES string of the molecule is CCn1c(=O)c2cc(CC(=O)CC(CNC(=O)c3ccc(C#N)c(Cl)c3)C(C)C)ccc2n(CC)c1=O. The van der Waals surface area contributed by atoms with Gasteiger partial charge in [-0.15, -0.1) is 0 Å². The van der Waals surface area contributed by atoms with E-state index < -0.39 is 0 Å². The second-order valence-electron chi connectivity index (χ2n) is 9.37. The molecule has 1 heterocycles. The Morgan fingerprint density at radius 3 is 2.35 bits per heavy atom. The first kappa shape index (κ1) is 27.9. The van der Waals surface area contributed by atoms with Crippen LogP contribution in [0.5, 0.6) is 0 Å². The normalized spacial score (nSPS) is 11.9. The number of carbonyl (C=O) groups is 2. The minimum Gasteiger partial charge on any atom is -0.352 e. The number of Topliss-reactive ketones (excluding diaryl/α,β-unsaturated/α-hetero) is 1. The zero-order chi connectivity index (χ0) is 27.3. The fourth-order valence-electron chi connectivity index (χ4n) is 4.37. The number of benzene rings is 2. The molecule has 2 aromatic carbocycles. The number of carbonyl (C=O) groups excluding carboxylic acids is 2. The molecule has 1 amide bonds. The van der Waals surface area contributed by atoms with Crippen LogP contribution in [0.25, 0.3) is 10.9 Å². The van der Waals surface area contributed by atoms with Gasteiger partial charge in [-0.1, -0.05) is 31.5 Å². The molecule has 3 rings (SSSR count). The van der Waals surface area contributed by atoms with E-state index in [9.17, 15) is 19.2 Å². The number of nitrogens with zero attached hydrogens (tertiary/aromatic N) is 3. The van der Waals surface area contributed by atoms with Crippen LogP contribution < -0.4 is 16.6 Å². The lowest BCUT2D eigenvalue weighted by Crippen LogP contribution is -2.39. The number of hydrogen-bond donors (Lipinski definition) is 1. The standard InChI is InChI=1S/C28H31ClN4O4/c1-5-32-25-10-7-18(12-23(25)27(36)33(6-2)28(32)37)11-22(34)13-21(17(3)4)16-31-26(35)19-8-9-20(15-30)24(29)14-19/h7-10,12,14,17,21H,5-6,11,13,16H2,1-4H3,(H,31,35). The second kappa shape index (κ2) is 12.0. The molecule has 0 aliphatic rings.